The fraction of sp³-hybridized carbons (Fsp3) is 0.267. The molecule has 0 radical (unpaired) electrons. The Bertz CT molecular complexity index is 599. The molecule has 0 fully saturated rings. The second kappa shape index (κ2) is 7.17. The molecule has 0 bridgehead atoms. The molecule has 0 spiro atoms. The molecule has 1 aromatic carbocycles. The number of carbonyl (C=O) groups excluding carboxylic acids is 1. The number of furan rings is 1. The second-order valence-electron chi connectivity index (χ2n) is 4.54. The van der Waals surface area contributed by atoms with Crippen molar-refractivity contribution < 1.29 is 13.9 Å². The van der Waals surface area contributed by atoms with Crippen molar-refractivity contribution in [1.82, 2.24) is 5.32 Å². The third-order valence-corrected chi connectivity index (χ3v) is 3.36. The van der Waals surface area contributed by atoms with E-state index in [1.54, 1.807) is 26.4 Å². The summed E-state index contributed by atoms with van der Waals surface area (Å²) in [5.74, 6) is 1.33. The maximum absolute atomic E-state index is 12.0. The van der Waals surface area contributed by atoms with Crippen molar-refractivity contribution in [1.29, 1.82) is 0 Å². The van der Waals surface area contributed by atoms with E-state index in [0.717, 1.165) is 21.7 Å². The lowest BCUT2D eigenvalue weighted by Crippen LogP contribution is -2.37. The molecular formula is C15H17BrN2O3. The molecule has 0 saturated carbocycles. The molecule has 2 rings (SSSR count). The third-order valence-electron chi connectivity index (χ3n) is 2.90. The monoisotopic (exact) mass is 352 g/mol. The molecule has 6 heteroatoms. The number of rotatable bonds is 6. The summed E-state index contributed by atoms with van der Waals surface area (Å²) in [6, 6.07) is 8.81. The molecule has 5 nitrogen and oxygen atoms in total. The van der Waals surface area contributed by atoms with Crippen LogP contribution in [0.1, 0.15) is 12.7 Å². The summed E-state index contributed by atoms with van der Waals surface area (Å²) in [4.78, 5) is 12.0. The lowest BCUT2D eigenvalue weighted by Gasteiger charge is -2.16. The summed E-state index contributed by atoms with van der Waals surface area (Å²) in [5.41, 5.74) is 0.807. The van der Waals surface area contributed by atoms with E-state index in [1.165, 1.54) is 0 Å². The van der Waals surface area contributed by atoms with Crippen LogP contribution in [0.4, 0.5) is 5.69 Å². The van der Waals surface area contributed by atoms with Crippen LogP contribution in [0.2, 0.25) is 0 Å². The van der Waals surface area contributed by atoms with Gasteiger partial charge in [-0.2, -0.15) is 0 Å². The van der Waals surface area contributed by atoms with Gasteiger partial charge in [0, 0.05) is 16.2 Å². The number of carbonyl (C=O) groups is 1. The highest BCUT2D eigenvalue weighted by molar-refractivity contribution is 9.10. The van der Waals surface area contributed by atoms with Crippen molar-refractivity contribution in [3.05, 3.63) is 46.8 Å². The average molecular weight is 353 g/mol. The van der Waals surface area contributed by atoms with E-state index >= 15 is 0 Å². The summed E-state index contributed by atoms with van der Waals surface area (Å²) in [6.45, 7) is 2.17. The molecule has 1 amide bonds. The fourth-order valence-corrected chi connectivity index (χ4v) is 2.29. The van der Waals surface area contributed by atoms with Gasteiger partial charge in [-0.05, 0) is 31.2 Å². The Labute approximate surface area is 131 Å². The number of methoxy groups -OCH3 is 1. The minimum absolute atomic E-state index is 0.106. The van der Waals surface area contributed by atoms with Crippen LogP contribution in [0.25, 0.3) is 0 Å². The van der Waals surface area contributed by atoms with Gasteiger partial charge in [-0.25, -0.2) is 0 Å². The first kappa shape index (κ1) is 15.4. The molecule has 2 aromatic rings. The van der Waals surface area contributed by atoms with E-state index in [-0.39, 0.29) is 11.9 Å². The molecule has 21 heavy (non-hydrogen) atoms. The molecule has 0 aliphatic carbocycles. The Kier molecular flexibility index (Phi) is 5.27. The van der Waals surface area contributed by atoms with Crippen LogP contribution in [-0.4, -0.2) is 19.1 Å². The number of anilines is 1. The van der Waals surface area contributed by atoms with Crippen molar-refractivity contribution in [3.63, 3.8) is 0 Å². The van der Waals surface area contributed by atoms with Gasteiger partial charge in [0.2, 0.25) is 5.91 Å². The quantitative estimate of drug-likeness (QED) is 0.837. The highest BCUT2D eigenvalue weighted by Crippen LogP contribution is 2.24. The van der Waals surface area contributed by atoms with Gasteiger partial charge >= 0.3 is 0 Å². The Hall–Kier alpha value is -1.95. The molecule has 0 aliphatic rings. The molecule has 0 aliphatic heterocycles. The van der Waals surface area contributed by atoms with Gasteiger partial charge in [0.05, 0.1) is 19.9 Å². The van der Waals surface area contributed by atoms with Crippen molar-refractivity contribution in [2.75, 3.05) is 12.4 Å². The van der Waals surface area contributed by atoms with Gasteiger partial charge in [-0.1, -0.05) is 15.9 Å². The number of hydrogen-bond acceptors (Lipinski definition) is 4. The Morgan fingerprint density at radius 3 is 2.90 bits per heavy atom. The maximum atomic E-state index is 12.0. The van der Waals surface area contributed by atoms with Crippen LogP contribution in [0.5, 0.6) is 5.75 Å². The average Bonchev–Trinajstić information content (AvgIpc) is 2.97. The zero-order valence-corrected chi connectivity index (χ0v) is 13.4. The van der Waals surface area contributed by atoms with E-state index in [0.29, 0.717) is 6.54 Å². The van der Waals surface area contributed by atoms with Gasteiger partial charge < -0.3 is 19.8 Å². The van der Waals surface area contributed by atoms with Crippen molar-refractivity contribution in [3.8, 4) is 5.75 Å². The molecule has 1 atom stereocenters. The standard InChI is InChI=1S/C15H17BrN2O3/c1-10(15(19)17-9-13-4-3-5-21-13)18-12-6-11(16)7-14(8-12)20-2/h3-8,10,18H,9H2,1-2H3,(H,17,19). The minimum atomic E-state index is -0.376. The molecule has 1 aromatic heterocycles. The van der Waals surface area contributed by atoms with Crippen LogP contribution in [0.3, 0.4) is 0 Å². The molecule has 112 valence electrons. The molecule has 1 unspecified atom stereocenters. The van der Waals surface area contributed by atoms with E-state index < -0.39 is 0 Å². The largest absolute Gasteiger partial charge is 0.497 e. The predicted molar refractivity (Wildman–Crippen MR) is 84.3 cm³/mol. The molecule has 2 N–H and O–H groups in total. The smallest absolute Gasteiger partial charge is 0.242 e. The lowest BCUT2D eigenvalue weighted by molar-refractivity contribution is -0.121. The van der Waals surface area contributed by atoms with Gasteiger partial charge in [-0.3, -0.25) is 4.79 Å². The summed E-state index contributed by atoms with van der Waals surface area (Å²) >= 11 is 3.40. The van der Waals surface area contributed by atoms with Crippen LogP contribution < -0.4 is 15.4 Å². The Morgan fingerprint density at radius 2 is 2.24 bits per heavy atom. The number of amides is 1. The van der Waals surface area contributed by atoms with Crippen LogP contribution >= 0.6 is 15.9 Å². The zero-order valence-electron chi connectivity index (χ0n) is 11.9. The Balaban J connectivity index is 1.92. The highest BCUT2D eigenvalue weighted by atomic mass is 79.9. The van der Waals surface area contributed by atoms with Crippen molar-refractivity contribution in [2.45, 2.75) is 19.5 Å². The topological polar surface area (TPSA) is 63.5 Å². The first-order valence-corrected chi connectivity index (χ1v) is 7.29. The number of benzene rings is 1. The predicted octanol–water partition coefficient (Wildman–Crippen LogP) is 3.17. The summed E-state index contributed by atoms with van der Waals surface area (Å²) in [5, 5.41) is 5.94. The SMILES string of the molecule is COc1cc(Br)cc(NC(C)C(=O)NCc2ccco2)c1. The van der Waals surface area contributed by atoms with Gasteiger partial charge in [0.15, 0.2) is 0 Å². The zero-order chi connectivity index (χ0) is 15.2. The van der Waals surface area contributed by atoms with Gasteiger partial charge in [0.1, 0.15) is 17.6 Å². The fourth-order valence-electron chi connectivity index (χ4n) is 1.82. The van der Waals surface area contributed by atoms with Crippen LogP contribution in [0, 0.1) is 0 Å². The summed E-state index contributed by atoms with van der Waals surface area (Å²) in [7, 11) is 1.60. The van der Waals surface area contributed by atoms with Crippen molar-refractivity contribution in [2.24, 2.45) is 0 Å². The lowest BCUT2D eigenvalue weighted by atomic mass is 10.2. The molecule has 0 saturated heterocycles. The Morgan fingerprint density at radius 1 is 1.43 bits per heavy atom. The van der Waals surface area contributed by atoms with Gasteiger partial charge in [0.25, 0.3) is 0 Å². The van der Waals surface area contributed by atoms with E-state index in [4.69, 9.17) is 9.15 Å². The summed E-state index contributed by atoms with van der Waals surface area (Å²) < 4.78 is 11.2. The summed E-state index contributed by atoms with van der Waals surface area (Å²) in [6.07, 6.45) is 1.58. The normalized spacial score (nSPS) is 11.8. The third kappa shape index (κ3) is 4.53. The van der Waals surface area contributed by atoms with Crippen LogP contribution in [0.15, 0.2) is 45.5 Å². The minimum Gasteiger partial charge on any atom is -0.497 e. The first-order valence-electron chi connectivity index (χ1n) is 6.49. The molecule has 1 heterocycles. The highest BCUT2D eigenvalue weighted by Gasteiger charge is 2.13. The molecular weight excluding hydrogens is 336 g/mol. The number of halogens is 1. The van der Waals surface area contributed by atoms with Crippen molar-refractivity contribution >= 4 is 27.5 Å². The number of nitrogens with one attached hydrogen (secondary N) is 2. The number of hydrogen-bond donors (Lipinski definition) is 2. The van der Waals surface area contributed by atoms with Gasteiger partial charge in [-0.15, -0.1) is 0 Å². The first-order chi connectivity index (χ1) is 10.1. The maximum Gasteiger partial charge on any atom is 0.242 e. The van der Waals surface area contributed by atoms with E-state index in [1.807, 2.05) is 24.3 Å². The number of ether oxygens (including phenoxy) is 1. The second-order valence-corrected chi connectivity index (χ2v) is 5.46. The van der Waals surface area contributed by atoms with Crippen LogP contribution in [-0.2, 0) is 11.3 Å². The van der Waals surface area contributed by atoms with E-state index in [9.17, 15) is 4.79 Å². The van der Waals surface area contributed by atoms with E-state index in [2.05, 4.69) is 26.6 Å².